The topological polar surface area (TPSA) is 49.4 Å². The van der Waals surface area contributed by atoms with Crippen molar-refractivity contribution in [3.05, 3.63) is 0 Å². The van der Waals surface area contributed by atoms with Crippen LogP contribution in [0.5, 0.6) is 0 Å². The lowest BCUT2D eigenvalue weighted by atomic mass is 9.85. The van der Waals surface area contributed by atoms with Gasteiger partial charge in [-0.15, -0.1) is 0 Å². The van der Waals surface area contributed by atoms with E-state index in [-0.39, 0.29) is 11.6 Å². The molecule has 17 heavy (non-hydrogen) atoms. The van der Waals surface area contributed by atoms with E-state index in [0.29, 0.717) is 17.5 Å². The van der Waals surface area contributed by atoms with Gasteiger partial charge in [-0.05, 0) is 40.2 Å². The van der Waals surface area contributed by atoms with Crippen molar-refractivity contribution in [2.45, 2.75) is 50.7 Å². The molecule has 0 aliphatic carbocycles. The molecule has 0 aromatic heterocycles. The van der Waals surface area contributed by atoms with Crippen LogP contribution in [0.2, 0.25) is 0 Å². The van der Waals surface area contributed by atoms with Crippen molar-refractivity contribution in [1.82, 2.24) is 10.2 Å². The van der Waals surface area contributed by atoms with Gasteiger partial charge in [-0.25, -0.2) is 8.42 Å². The molecule has 0 spiro atoms. The minimum absolute atomic E-state index is 0.108. The third-order valence-electron chi connectivity index (χ3n) is 4.30. The van der Waals surface area contributed by atoms with E-state index in [4.69, 9.17) is 0 Å². The molecular weight excluding hydrogens is 236 g/mol. The Balaban J connectivity index is 2.07. The summed E-state index contributed by atoms with van der Waals surface area (Å²) in [7, 11) is -0.761. The predicted octanol–water partition coefficient (Wildman–Crippen LogP) is 0.636. The molecule has 4 nitrogen and oxygen atoms in total. The lowest BCUT2D eigenvalue weighted by Crippen LogP contribution is -2.58. The summed E-state index contributed by atoms with van der Waals surface area (Å²) in [6.45, 7) is 5.49. The lowest BCUT2D eigenvalue weighted by molar-refractivity contribution is 0.0290. The zero-order chi connectivity index (χ0) is 12.7. The van der Waals surface area contributed by atoms with Gasteiger partial charge in [0.1, 0.15) is 0 Å². The molecule has 0 radical (unpaired) electrons. The van der Waals surface area contributed by atoms with Crippen molar-refractivity contribution in [3.63, 3.8) is 0 Å². The summed E-state index contributed by atoms with van der Waals surface area (Å²) < 4.78 is 23.2. The Morgan fingerprint density at radius 2 is 2.00 bits per heavy atom. The van der Waals surface area contributed by atoms with Crippen LogP contribution in [0, 0.1) is 0 Å². The minimum Gasteiger partial charge on any atom is -0.317 e. The van der Waals surface area contributed by atoms with E-state index in [2.05, 4.69) is 24.1 Å². The SMILES string of the molecule is CNC1CCN(C2CCS(=O)(=O)C2)C(C)(C)C1. The van der Waals surface area contributed by atoms with Crippen LogP contribution in [0.25, 0.3) is 0 Å². The fourth-order valence-corrected chi connectivity index (χ4v) is 5.10. The summed E-state index contributed by atoms with van der Waals surface area (Å²) in [5.41, 5.74) is 0.108. The highest BCUT2D eigenvalue weighted by molar-refractivity contribution is 7.91. The maximum atomic E-state index is 11.6. The number of rotatable bonds is 2. The van der Waals surface area contributed by atoms with Crippen molar-refractivity contribution >= 4 is 9.84 Å². The minimum atomic E-state index is -2.77. The second-order valence-electron chi connectivity index (χ2n) is 6.04. The van der Waals surface area contributed by atoms with Gasteiger partial charge in [-0.3, -0.25) is 4.90 Å². The van der Waals surface area contributed by atoms with Crippen LogP contribution in [0.4, 0.5) is 0 Å². The van der Waals surface area contributed by atoms with E-state index in [1.807, 2.05) is 7.05 Å². The molecule has 0 bridgehead atoms. The first-order valence-corrected chi connectivity index (χ1v) is 8.31. The summed E-state index contributed by atoms with van der Waals surface area (Å²) in [5, 5.41) is 3.34. The number of piperidine rings is 1. The molecular formula is C12H24N2O2S. The predicted molar refractivity (Wildman–Crippen MR) is 69.9 cm³/mol. The van der Waals surface area contributed by atoms with Crippen molar-refractivity contribution in [2.24, 2.45) is 0 Å². The zero-order valence-electron chi connectivity index (χ0n) is 11.1. The third kappa shape index (κ3) is 2.83. The molecule has 2 atom stereocenters. The maximum absolute atomic E-state index is 11.6. The Morgan fingerprint density at radius 1 is 1.29 bits per heavy atom. The maximum Gasteiger partial charge on any atom is 0.151 e. The Bertz CT molecular complexity index is 378. The first-order chi connectivity index (χ1) is 7.84. The van der Waals surface area contributed by atoms with Gasteiger partial charge in [0.2, 0.25) is 0 Å². The summed E-state index contributed by atoms with van der Waals surface area (Å²) >= 11 is 0. The third-order valence-corrected chi connectivity index (χ3v) is 6.05. The molecule has 2 heterocycles. The van der Waals surface area contributed by atoms with Crippen LogP contribution in [0.1, 0.15) is 33.1 Å². The highest BCUT2D eigenvalue weighted by atomic mass is 32.2. The largest absolute Gasteiger partial charge is 0.317 e. The molecule has 2 aliphatic heterocycles. The smallest absolute Gasteiger partial charge is 0.151 e. The molecule has 2 saturated heterocycles. The first kappa shape index (κ1) is 13.3. The second-order valence-corrected chi connectivity index (χ2v) is 8.27. The molecule has 0 amide bonds. The standard InChI is InChI=1S/C12H24N2O2S/c1-12(2)8-10(13-3)4-6-14(12)11-5-7-17(15,16)9-11/h10-11,13H,4-9H2,1-3H3. The molecule has 0 aromatic rings. The van der Waals surface area contributed by atoms with Crippen LogP contribution in [-0.4, -0.2) is 56.0 Å². The van der Waals surface area contributed by atoms with E-state index in [1.54, 1.807) is 0 Å². The van der Waals surface area contributed by atoms with E-state index in [0.717, 1.165) is 25.8 Å². The van der Waals surface area contributed by atoms with Gasteiger partial charge in [-0.1, -0.05) is 0 Å². The van der Waals surface area contributed by atoms with Gasteiger partial charge in [0.05, 0.1) is 11.5 Å². The fourth-order valence-electron chi connectivity index (χ4n) is 3.36. The van der Waals surface area contributed by atoms with Gasteiger partial charge in [0, 0.05) is 24.2 Å². The number of nitrogens with one attached hydrogen (secondary N) is 1. The molecule has 100 valence electrons. The van der Waals surface area contributed by atoms with Gasteiger partial charge < -0.3 is 5.32 Å². The molecule has 2 fully saturated rings. The summed E-state index contributed by atoms with van der Waals surface area (Å²) in [6, 6.07) is 0.812. The number of sulfone groups is 1. The normalized spacial score (nSPS) is 37.1. The quantitative estimate of drug-likeness (QED) is 0.791. The van der Waals surface area contributed by atoms with Gasteiger partial charge in [0.25, 0.3) is 0 Å². The first-order valence-electron chi connectivity index (χ1n) is 6.48. The molecule has 0 aromatic carbocycles. The fraction of sp³-hybridized carbons (Fsp3) is 1.00. The van der Waals surface area contributed by atoms with Crippen LogP contribution in [-0.2, 0) is 9.84 Å². The van der Waals surface area contributed by atoms with Gasteiger partial charge in [0.15, 0.2) is 9.84 Å². The van der Waals surface area contributed by atoms with Crippen LogP contribution in [0.15, 0.2) is 0 Å². The number of hydrogen-bond acceptors (Lipinski definition) is 4. The lowest BCUT2D eigenvalue weighted by Gasteiger charge is -2.48. The van der Waals surface area contributed by atoms with Crippen molar-refractivity contribution in [2.75, 3.05) is 25.1 Å². The molecule has 5 heteroatoms. The van der Waals surface area contributed by atoms with E-state index < -0.39 is 9.84 Å². The number of hydrogen-bond donors (Lipinski definition) is 1. The summed E-state index contributed by atoms with van der Waals surface area (Å²) in [4.78, 5) is 2.42. The molecule has 0 saturated carbocycles. The molecule has 1 N–H and O–H groups in total. The monoisotopic (exact) mass is 260 g/mol. The number of nitrogens with zero attached hydrogens (tertiary/aromatic N) is 1. The van der Waals surface area contributed by atoms with Crippen molar-refractivity contribution in [3.8, 4) is 0 Å². The highest BCUT2D eigenvalue weighted by Gasteiger charge is 2.42. The Kier molecular flexibility index (Phi) is 3.54. The molecule has 2 unspecified atom stereocenters. The van der Waals surface area contributed by atoms with Crippen molar-refractivity contribution < 1.29 is 8.42 Å². The number of likely N-dealkylation sites (tertiary alicyclic amines) is 1. The van der Waals surface area contributed by atoms with Crippen molar-refractivity contribution in [1.29, 1.82) is 0 Å². The average Bonchev–Trinajstić information content (AvgIpc) is 2.57. The van der Waals surface area contributed by atoms with Crippen LogP contribution >= 0.6 is 0 Å². The van der Waals surface area contributed by atoms with E-state index in [9.17, 15) is 8.42 Å². The average molecular weight is 260 g/mol. The molecule has 2 aliphatic rings. The summed E-state index contributed by atoms with van der Waals surface area (Å²) in [6.07, 6.45) is 3.03. The molecule has 2 rings (SSSR count). The van der Waals surface area contributed by atoms with Crippen LogP contribution < -0.4 is 5.32 Å². The zero-order valence-corrected chi connectivity index (χ0v) is 11.9. The Labute approximate surface area is 105 Å². The second kappa shape index (κ2) is 4.52. The Morgan fingerprint density at radius 3 is 2.47 bits per heavy atom. The van der Waals surface area contributed by atoms with E-state index >= 15 is 0 Å². The van der Waals surface area contributed by atoms with Gasteiger partial charge in [-0.2, -0.15) is 0 Å². The van der Waals surface area contributed by atoms with Gasteiger partial charge >= 0.3 is 0 Å². The highest BCUT2D eigenvalue weighted by Crippen LogP contribution is 2.32. The Hall–Kier alpha value is -0.130. The van der Waals surface area contributed by atoms with Crippen LogP contribution in [0.3, 0.4) is 0 Å². The summed E-state index contributed by atoms with van der Waals surface area (Å²) in [5.74, 6) is 0.736. The van der Waals surface area contributed by atoms with E-state index in [1.165, 1.54) is 0 Å².